The van der Waals surface area contributed by atoms with Crippen LogP contribution in [0.5, 0.6) is 0 Å². The number of likely N-dealkylation sites (tertiary alicyclic amines) is 1. The Balaban J connectivity index is 1.54. The molecule has 1 saturated heterocycles. The number of pyridine rings is 1. The third-order valence-corrected chi connectivity index (χ3v) is 5.31. The van der Waals surface area contributed by atoms with Gasteiger partial charge in [-0.3, -0.25) is 9.97 Å². The van der Waals surface area contributed by atoms with Gasteiger partial charge in [0.25, 0.3) is 0 Å². The van der Waals surface area contributed by atoms with E-state index >= 15 is 0 Å². The number of nitrogens with one attached hydrogen (secondary N) is 1. The average molecular weight is 359 g/mol. The molecule has 0 bridgehead atoms. The normalized spacial score (nSPS) is 18.2. The van der Waals surface area contributed by atoms with E-state index in [2.05, 4.69) is 63.1 Å². The Morgan fingerprint density at radius 3 is 2.85 bits per heavy atom. The predicted octanol–water partition coefficient (Wildman–Crippen LogP) is 4.35. The van der Waals surface area contributed by atoms with E-state index in [1.807, 2.05) is 6.20 Å². The van der Waals surface area contributed by atoms with E-state index in [0.29, 0.717) is 5.92 Å². The maximum Gasteiger partial charge on any atom is 0.130 e. The molecular weight excluding hydrogens is 334 g/mol. The second-order valence-electron chi connectivity index (χ2n) is 7.30. The van der Waals surface area contributed by atoms with Gasteiger partial charge >= 0.3 is 0 Å². The summed E-state index contributed by atoms with van der Waals surface area (Å²) in [5.74, 6) is 1.35. The van der Waals surface area contributed by atoms with Crippen molar-refractivity contribution < 1.29 is 0 Å². The van der Waals surface area contributed by atoms with Crippen molar-refractivity contribution in [1.29, 1.82) is 0 Å². The zero-order valence-electron chi connectivity index (χ0n) is 15.7. The third kappa shape index (κ3) is 4.14. The zero-order valence-corrected chi connectivity index (χ0v) is 15.7. The molecule has 4 rings (SSSR count). The summed E-state index contributed by atoms with van der Waals surface area (Å²) in [6, 6.07) is 8.35. The van der Waals surface area contributed by atoms with Crippen molar-refractivity contribution in [3.05, 3.63) is 61.3 Å². The molecule has 1 atom stereocenters. The number of hydrogen-bond acceptors (Lipinski definition) is 5. The topological polar surface area (TPSA) is 53.9 Å². The first-order chi connectivity index (χ1) is 13.2. The van der Waals surface area contributed by atoms with Gasteiger partial charge in [-0.25, -0.2) is 4.98 Å². The number of anilines is 1. The highest BCUT2D eigenvalue weighted by Crippen LogP contribution is 2.27. The maximum absolute atomic E-state index is 4.57. The Labute approximate surface area is 160 Å². The van der Waals surface area contributed by atoms with Gasteiger partial charge < -0.3 is 10.2 Å². The molecule has 0 amide bonds. The Hall–Kier alpha value is -2.79. The Morgan fingerprint density at radius 2 is 2.00 bits per heavy atom. The van der Waals surface area contributed by atoms with Crippen molar-refractivity contribution in [2.24, 2.45) is 5.92 Å². The van der Waals surface area contributed by atoms with Gasteiger partial charge in [-0.2, -0.15) is 0 Å². The second kappa shape index (κ2) is 7.84. The van der Waals surface area contributed by atoms with E-state index in [0.717, 1.165) is 46.5 Å². The largest absolute Gasteiger partial charge is 0.344 e. The first-order valence-corrected chi connectivity index (χ1v) is 9.49. The Bertz CT molecular complexity index is 938. The lowest BCUT2D eigenvalue weighted by Crippen LogP contribution is -2.19. The fourth-order valence-corrected chi connectivity index (χ4v) is 3.67. The summed E-state index contributed by atoms with van der Waals surface area (Å²) in [5.41, 5.74) is 3.00. The van der Waals surface area contributed by atoms with Gasteiger partial charge in [-0.1, -0.05) is 18.7 Å². The van der Waals surface area contributed by atoms with Gasteiger partial charge in [0.05, 0.1) is 11.9 Å². The molecule has 0 radical (unpaired) electrons. The van der Waals surface area contributed by atoms with Crippen LogP contribution in [0.15, 0.2) is 61.3 Å². The molecule has 3 aromatic rings. The standard InChI is InChI=1S/C22H25N5/c1-16(17-4-3-10-27(2)11-7-17)26-22-13-20-12-18(5-6-19(20)14-25-22)21-15-23-8-9-24-21/h5-6,8-9,12-15,17H,1,3-4,7,10-11H2,2H3,(H,25,26). The quantitative estimate of drug-likeness (QED) is 0.750. The lowest BCUT2D eigenvalue weighted by atomic mass is 9.97. The van der Waals surface area contributed by atoms with Crippen molar-refractivity contribution in [3.8, 4) is 11.3 Å². The van der Waals surface area contributed by atoms with Crippen LogP contribution in [0.4, 0.5) is 5.82 Å². The number of allylic oxidation sites excluding steroid dienone is 1. The van der Waals surface area contributed by atoms with Crippen LogP contribution in [0.3, 0.4) is 0 Å². The molecule has 5 heteroatoms. The third-order valence-electron chi connectivity index (χ3n) is 5.31. The van der Waals surface area contributed by atoms with Gasteiger partial charge in [-0.05, 0) is 62.8 Å². The molecule has 0 saturated carbocycles. The van der Waals surface area contributed by atoms with Gasteiger partial charge in [0.2, 0.25) is 0 Å². The first-order valence-electron chi connectivity index (χ1n) is 9.49. The molecule has 1 aromatic carbocycles. The first kappa shape index (κ1) is 17.6. The van der Waals surface area contributed by atoms with Crippen molar-refractivity contribution in [2.75, 3.05) is 25.5 Å². The summed E-state index contributed by atoms with van der Waals surface area (Å²) >= 11 is 0. The van der Waals surface area contributed by atoms with Crippen LogP contribution >= 0.6 is 0 Å². The fraction of sp³-hybridized carbons (Fsp3) is 0.318. The van der Waals surface area contributed by atoms with Crippen molar-refractivity contribution in [2.45, 2.75) is 19.3 Å². The molecule has 27 heavy (non-hydrogen) atoms. The van der Waals surface area contributed by atoms with Crippen molar-refractivity contribution in [3.63, 3.8) is 0 Å². The SMILES string of the molecule is C=C(Nc1cc2cc(-c3cnccn3)ccc2cn1)C1CCCN(C)CC1. The highest BCUT2D eigenvalue weighted by molar-refractivity contribution is 5.88. The fourth-order valence-electron chi connectivity index (χ4n) is 3.67. The Morgan fingerprint density at radius 1 is 1.07 bits per heavy atom. The van der Waals surface area contributed by atoms with Crippen LogP contribution < -0.4 is 5.32 Å². The van der Waals surface area contributed by atoms with Gasteiger partial charge in [0.1, 0.15) is 5.82 Å². The molecular formula is C22H25N5. The van der Waals surface area contributed by atoms with Crippen LogP contribution in [0.1, 0.15) is 19.3 Å². The van der Waals surface area contributed by atoms with Crippen molar-refractivity contribution >= 4 is 16.6 Å². The number of hydrogen-bond donors (Lipinski definition) is 1. The molecule has 1 fully saturated rings. The minimum atomic E-state index is 0.498. The van der Waals surface area contributed by atoms with E-state index in [9.17, 15) is 0 Å². The highest BCUT2D eigenvalue weighted by atomic mass is 15.1. The summed E-state index contributed by atoms with van der Waals surface area (Å²) in [5, 5.41) is 5.69. The minimum Gasteiger partial charge on any atom is -0.344 e. The minimum absolute atomic E-state index is 0.498. The average Bonchev–Trinajstić information content (AvgIpc) is 2.92. The van der Waals surface area contributed by atoms with Crippen LogP contribution in [0, 0.1) is 5.92 Å². The van der Waals surface area contributed by atoms with Crippen LogP contribution in [-0.2, 0) is 0 Å². The molecule has 1 aliphatic heterocycles. The molecule has 3 heterocycles. The summed E-state index contributed by atoms with van der Waals surface area (Å²) < 4.78 is 0. The monoisotopic (exact) mass is 359 g/mol. The zero-order chi connectivity index (χ0) is 18.6. The van der Waals surface area contributed by atoms with Crippen LogP contribution in [0.25, 0.3) is 22.0 Å². The molecule has 0 aliphatic carbocycles. The van der Waals surface area contributed by atoms with Crippen molar-refractivity contribution in [1.82, 2.24) is 19.9 Å². The van der Waals surface area contributed by atoms with E-state index in [1.165, 1.54) is 19.4 Å². The number of aromatic nitrogens is 3. The predicted molar refractivity (Wildman–Crippen MR) is 110 cm³/mol. The van der Waals surface area contributed by atoms with E-state index in [4.69, 9.17) is 0 Å². The molecule has 5 nitrogen and oxygen atoms in total. The summed E-state index contributed by atoms with van der Waals surface area (Å²) in [4.78, 5) is 15.5. The number of rotatable bonds is 4. The summed E-state index contributed by atoms with van der Waals surface area (Å²) in [6.07, 6.45) is 10.6. The molecule has 1 aliphatic rings. The molecule has 2 aromatic heterocycles. The van der Waals surface area contributed by atoms with Crippen LogP contribution in [-0.4, -0.2) is 40.0 Å². The summed E-state index contributed by atoms with van der Waals surface area (Å²) in [6.45, 7) is 6.59. The van der Waals surface area contributed by atoms with E-state index in [-0.39, 0.29) is 0 Å². The van der Waals surface area contributed by atoms with E-state index < -0.39 is 0 Å². The number of nitrogens with zero attached hydrogens (tertiary/aromatic N) is 4. The smallest absolute Gasteiger partial charge is 0.130 e. The van der Waals surface area contributed by atoms with Gasteiger partial charge in [0.15, 0.2) is 0 Å². The Kier molecular flexibility index (Phi) is 5.12. The summed E-state index contributed by atoms with van der Waals surface area (Å²) in [7, 11) is 2.19. The molecule has 138 valence electrons. The molecule has 0 spiro atoms. The van der Waals surface area contributed by atoms with E-state index in [1.54, 1.807) is 18.6 Å². The highest BCUT2D eigenvalue weighted by Gasteiger charge is 2.18. The maximum atomic E-state index is 4.57. The van der Waals surface area contributed by atoms with Gasteiger partial charge in [-0.15, -0.1) is 0 Å². The second-order valence-corrected chi connectivity index (χ2v) is 7.30. The lowest BCUT2D eigenvalue weighted by molar-refractivity contribution is 0.345. The molecule has 1 unspecified atom stereocenters. The number of benzene rings is 1. The van der Waals surface area contributed by atoms with Gasteiger partial charge in [0, 0.05) is 35.2 Å². The van der Waals surface area contributed by atoms with Crippen LogP contribution in [0.2, 0.25) is 0 Å². The lowest BCUT2D eigenvalue weighted by Gasteiger charge is -2.19. The number of fused-ring (bicyclic) bond motifs is 1. The molecule has 1 N–H and O–H groups in total.